The van der Waals surface area contributed by atoms with Crippen LogP contribution in [0.1, 0.15) is 32.3 Å². The van der Waals surface area contributed by atoms with Crippen LogP contribution in [-0.2, 0) is 6.54 Å². The van der Waals surface area contributed by atoms with Crippen molar-refractivity contribution in [1.29, 1.82) is 0 Å². The fourth-order valence-electron chi connectivity index (χ4n) is 3.48. The first kappa shape index (κ1) is 14.8. The summed E-state index contributed by atoms with van der Waals surface area (Å²) in [5, 5.41) is 3.60. The van der Waals surface area contributed by atoms with Crippen molar-refractivity contribution in [1.82, 2.24) is 10.2 Å². The zero-order valence-electron chi connectivity index (χ0n) is 13.2. The maximum absolute atomic E-state index is 13.9. The number of ether oxygens (including phenoxy) is 1. The lowest BCUT2D eigenvalue weighted by molar-refractivity contribution is 0.0311. The van der Waals surface area contributed by atoms with Crippen LogP contribution in [0.25, 0.3) is 0 Å². The van der Waals surface area contributed by atoms with E-state index in [1.165, 1.54) is 20.0 Å². The van der Waals surface area contributed by atoms with Gasteiger partial charge in [0.2, 0.25) is 0 Å². The van der Waals surface area contributed by atoms with Gasteiger partial charge in [-0.3, -0.25) is 4.90 Å². The van der Waals surface area contributed by atoms with E-state index in [0.29, 0.717) is 11.8 Å². The Kier molecular flexibility index (Phi) is 3.93. The van der Waals surface area contributed by atoms with Crippen molar-refractivity contribution in [3.8, 4) is 5.75 Å². The highest BCUT2D eigenvalue weighted by atomic mass is 19.1. The van der Waals surface area contributed by atoms with Gasteiger partial charge in [0, 0.05) is 31.2 Å². The lowest BCUT2D eigenvalue weighted by Gasteiger charge is -2.48. The van der Waals surface area contributed by atoms with Gasteiger partial charge in [-0.25, -0.2) is 4.39 Å². The molecule has 1 aliphatic carbocycles. The Bertz CT molecular complexity index is 518. The molecule has 0 radical (unpaired) electrons. The molecule has 3 nitrogen and oxygen atoms in total. The summed E-state index contributed by atoms with van der Waals surface area (Å²) in [6, 6.07) is 5.80. The molecule has 3 rings (SSSR count). The molecule has 2 unspecified atom stereocenters. The van der Waals surface area contributed by atoms with Crippen molar-refractivity contribution < 1.29 is 9.13 Å². The Balaban J connectivity index is 1.79. The molecule has 1 aromatic rings. The molecule has 2 aliphatic rings. The first-order chi connectivity index (χ1) is 10.0. The summed E-state index contributed by atoms with van der Waals surface area (Å²) in [5.41, 5.74) is 1.22. The number of methoxy groups -OCH3 is 1. The molecule has 0 amide bonds. The van der Waals surface area contributed by atoms with E-state index in [1.54, 1.807) is 12.1 Å². The molecule has 0 aromatic heterocycles. The number of rotatable bonds is 4. The minimum atomic E-state index is -0.272. The largest absolute Gasteiger partial charge is 0.494 e. The molecule has 2 atom stereocenters. The highest BCUT2D eigenvalue weighted by molar-refractivity contribution is 5.29. The molecule has 0 bridgehead atoms. The van der Waals surface area contributed by atoms with E-state index in [2.05, 4.69) is 24.1 Å². The van der Waals surface area contributed by atoms with Crippen LogP contribution in [0.3, 0.4) is 0 Å². The summed E-state index contributed by atoms with van der Waals surface area (Å²) in [7, 11) is 1.50. The van der Waals surface area contributed by atoms with Crippen LogP contribution in [0.15, 0.2) is 18.2 Å². The molecular formula is C17H25FN2O. The number of nitrogens with zero attached hydrogens (tertiary/aromatic N) is 1. The maximum atomic E-state index is 13.9. The molecule has 21 heavy (non-hydrogen) atoms. The van der Waals surface area contributed by atoms with Gasteiger partial charge in [0.05, 0.1) is 7.11 Å². The number of halogens is 1. The van der Waals surface area contributed by atoms with Gasteiger partial charge in [-0.05, 0) is 50.3 Å². The van der Waals surface area contributed by atoms with Crippen LogP contribution in [0.2, 0.25) is 0 Å². The highest BCUT2D eigenvalue weighted by Gasteiger charge is 2.47. The first-order valence-electron chi connectivity index (χ1n) is 7.84. The van der Waals surface area contributed by atoms with Crippen molar-refractivity contribution in [2.75, 3.05) is 20.2 Å². The van der Waals surface area contributed by atoms with Crippen molar-refractivity contribution in [2.24, 2.45) is 5.92 Å². The van der Waals surface area contributed by atoms with Crippen LogP contribution < -0.4 is 10.1 Å². The van der Waals surface area contributed by atoms with E-state index in [9.17, 15) is 4.39 Å². The molecule has 2 fully saturated rings. The average Bonchev–Trinajstić information content (AvgIpc) is 3.28. The van der Waals surface area contributed by atoms with Crippen molar-refractivity contribution >= 4 is 0 Å². The van der Waals surface area contributed by atoms with Crippen molar-refractivity contribution in [2.45, 2.75) is 44.8 Å². The zero-order valence-corrected chi connectivity index (χ0v) is 13.2. The fourth-order valence-corrected chi connectivity index (χ4v) is 3.48. The van der Waals surface area contributed by atoms with Crippen molar-refractivity contribution in [3.63, 3.8) is 0 Å². The van der Waals surface area contributed by atoms with Gasteiger partial charge < -0.3 is 10.1 Å². The molecule has 0 spiro atoms. The van der Waals surface area contributed by atoms with Crippen LogP contribution in [-0.4, -0.2) is 36.7 Å². The minimum Gasteiger partial charge on any atom is -0.494 e. The standard InChI is InChI=1S/C17H25FN2O/c1-12-9-20(17(2,11-19-12)14-5-6-14)10-13-4-7-16(21-3)15(18)8-13/h4,7-8,12,14,19H,5-6,9-11H2,1-3H3. The smallest absolute Gasteiger partial charge is 0.165 e. The van der Waals surface area contributed by atoms with Gasteiger partial charge in [0.15, 0.2) is 11.6 Å². The second-order valence-electron chi connectivity index (χ2n) is 6.76. The summed E-state index contributed by atoms with van der Waals surface area (Å²) >= 11 is 0. The van der Waals surface area contributed by atoms with E-state index in [1.807, 2.05) is 6.07 Å². The fraction of sp³-hybridized carbons (Fsp3) is 0.647. The van der Waals surface area contributed by atoms with Gasteiger partial charge in [0.25, 0.3) is 0 Å². The predicted octanol–water partition coefficient (Wildman–Crippen LogP) is 2.80. The van der Waals surface area contributed by atoms with Gasteiger partial charge in [-0.2, -0.15) is 0 Å². The van der Waals surface area contributed by atoms with E-state index < -0.39 is 0 Å². The minimum absolute atomic E-state index is 0.197. The van der Waals surface area contributed by atoms with Crippen LogP contribution in [0.4, 0.5) is 4.39 Å². The summed E-state index contributed by atoms with van der Waals surface area (Å²) in [4.78, 5) is 2.53. The van der Waals surface area contributed by atoms with Crippen LogP contribution in [0, 0.1) is 11.7 Å². The molecule has 1 heterocycles. The average molecular weight is 292 g/mol. The molecule has 4 heteroatoms. The third-order valence-corrected chi connectivity index (χ3v) is 5.07. The second-order valence-corrected chi connectivity index (χ2v) is 6.76. The lowest BCUT2D eigenvalue weighted by Crippen LogP contribution is -2.63. The van der Waals surface area contributed by atoms with Gasteiger partial charge in [-0.1, -0.05) is 6.07 Å². The summed E-state index contributed by atoms with van der Waals surface area (Å²) < 4.78 is 18.9. The predicted molar refractivity (Wildman–Crippen MR) is 82.0 cm³/mol. The number of hydrogen-bond donors (Lipinski definition) is 1. The quantitative estimate of drug-likeness (QED) is 0.923. The SMILES string of the molecule is COc1ccc(CN2CC(C)NCC2(C)C2CC2)cc1F. The molecule has 1 saturated heterocycles. The van der Waals surface area contributed by atoms with Gasteiger partial charge >= 0.3 is 0 Å². The van der Waals surface area contributed by atoms with Gasteiger partial charge in [-0.15, -0.1) is 0 Å². The summed E-state index contributed by atoms with van der Waals surface area (Å²) in [6.45, 7) is 7.41. The van der Waals surface area contributed by atoms with E-state index >= 15 is 0 Å². The van der Waals surface area contributed by atoms with Crippen LogP contribution >= 0.6 is 0 Å². The third kappa shape index (κ3) is 2.92. The van der Waals surface area contributed by atoms with E-state index in [0.717, 1.165) is 31.1 Å². The Morgan fingerprint density at radius 2 is 2.19 bits per heavy atom. The maximum Gasteiger partial charge on any atom is 0.165 e. The molecule has 1 aliphatic heterocycles. The monoisotopic (exact) mass is 292 g/mol. The number of hydrogen-bond acceptors (Lipinski definition) is 3. The number of piperazine rings is 1. The Morgan fingerprint density at radius 1 is 1.43 bits per heavy atom. The van der Waals surface area contributed by atoms with Crippen molar-refractivity contribution in [3.05, 3.63) is 29.6 Å². The van der Waals surface area contributed by atoms with Crippen LogP contribution in [0.5, 0.6) is 5.75 Å². The first-order valence-corrected chi connectivity index (χ1v) is 7.84. The Morgan fingerprint density at radius 3 is 2.81 bits per heavy atom. The Labute approximate surface area is 126 Å². The number of nitrogens with one attached hydrogen (secondary N) is 1. The Hall–Kier alpha value is -1.13. The lowest BCUT2D eigenvalue weighted by atomic mass is 9.89. The zero-order chi connectivity index (χ0) is 15.0. The normalized spacial score (nSPS) is 30.4. The topological polar surface area (TPSA) is 24.5 Å². The van der Waals surface area contributed by atoms with E-state index in [4.69, 9.17) is 4.74 Å². The summed E-state index contributed by atoms with van der Waals surface area (Å²) in [5.74, 6) is 0.823. The highest BCUT2D eigenvalue weighted by Crippen LogP contribution is 2.44. The molecule has 1 saturated carbocycles. The number of benzene rings is 1. The molecule has 1 aromatic carbocycles. The second kappa shape index (κ2) is 5.58. The van der Waals surface area contributed by atoms with Gasteiger partial charge in [0.1, 0.15) is 0 Å². The molecular weight excluding hydrogens is 267 g/mol. The third-order valence-electron chi connectivity index (χ3n) is 5.07. The molecule has 1 N–H and O–H groups in total. The van der Waals surface area contributed by atoms with E-state index in [-0.39, 0.29) is 11.4 Å². The summed E-state index contributed by atoms with van der Waals surface area (Å²) in [6.07, 6.45) is 2.64. The molecule has 116 valence electrons.